The third kappa shape index (κ3) is 4.02. The Morgan fingerprint density at radius 3 is 1.74 bits per heavy atom. The van der Waals surface area contributed by atoms with Crippen molar-refractivity contribution in [3.8, 4) is 0 Å². The molecular formula is C9H15O9P. The van der Waals surface area contributed by atoms with Crippen molar-refractivity contribution >= 4 is 25.5 Å². The lowest BCUT2D eigenvalue weighted by atomic mass is 9.80. The third-order valence-corrected chi connectivity index (χ3v) is 4.25. The molecule has 0 spiro atoms. The van der Waals surface area contributed by atoms with Gasteiger partial charge in [0.2, 0.25) is 0 Å². The van der Waals surface area contributed by atoms with Gasteiger partial charge in [-0.3, -0.25) is 18.9 Å². The van der Waals surface area contributed by atoms with Crippen molar-refractivity contribution in [2.75, 3.05) is 0 Å². The summed E-state index contributed by atoms with van der Waals surface area (Å²) in [5.41, 5.74) is -4.36. The van der Waals surface area contributed by atoms with E-state index in [1.165, 1.54) is 6.92 Å². The van der Waals surface area contributed by atoms with Crippen LogP contribution in [0.5, 0.6) is 0 Å². The summed E-state index contributed by atoms with van der Waals surface area (Å²) in [4.78, 5) is 50.4. The minimum atomic E-state index is -4.97. The van der Waals surface area contributed by atoms with Crippen LogP contribution >= 0.6 is 7.60 Å². The molecule has 0 aliphatic rings. The highest BCUT2D eigenvalue weighted by Crippen LogP contribution is 2.45. The molecule has 0 aliphatic carbocycles. The summed E-state index contributed by atoms with van der Waals surface area (Å²) < 4.78 is 10.9. The maximum atomic E-state index is 11.0. The van der Waals surface area contributed by atoms with Gasteiger partial charge in [0.05, 0.1) is 0 Å². The quantitative estimate of drug-likeness (QED) is 0.305. The first-order valence-corrected chi connectivity index (χ1v) is 6.92. The Bertz CT molecular complexity index is 409. The number of carbonyl (C=O) groups is 3. The molecule has 0 aromatic carbocycles. The average Bonchev–Trinajstić information content (AvgIpc) is 2.20. The normalized spacial score (nSPS) is 13.8. The van der Waals surface area contributed by atoms with Crippen molar-refractivity contribution in [2.24, 2.45) is 5.41 Å². The predicted molar refractivity (Wildman–Crippen MR) is 60.7 cm³/mol. The first kappa shape index (κ1) is 17.6. The van der Waals surface area contributed by atoms with E-state index in [9.17, 15) is 18.9 Å². The Kier molecular flexibility index (Phi) is 5.67. The van der Waals surface area contributed by atoms with E-state index in [2.05, 4.69) is 0 Å². The van der Waals surface area contributed by atoms with Crippen LogP contribution in [-0.4, -0.2) is 48.7 Å². The summed E-state index contributed by atoms with van der Waals surface area (Å²) in [7, 11) is -4.97. The van der Waals surface area contributed by atoms with Crippen molar-refractivity contribution in [3.63, 3.8) is 0 Å². The molecule has 0 heterocycles. The molecule has 1 unspecified atom stereocenters. The van der Waals surface area contributed by atoms with Crippen LogP contribution < -0.4 is 0 Å². The van der Waals surface area contributed by atoms with Gasteiger partial charge in [0, 0.05) is 0 Å². The fraction of sp³-hybridized carbons (Fsp3) is 0.667. The monoisotopic (exact) mass is 298 g/mol. The first-order chi connectivity index (χ1) is 8.49. The van der Waals surface area contributed by atoms with Gasteiger partial charge in [-0.1, -0.05) is 6.92 Å². The molecule has 10 heteroatoms. The van der Waals surface area contributed by atoms with E-state index >= 15 is 0 Å². The zero-order valence-corrected chi connectivity index (χ0v) is 10.9. The highest BCUT2D eigenvalue weighted by Gasteiger charge is 2.47. The average molecular weight is 298 g/mol. The lowest BCUT2D eigenvalue weighted by molar-refractivity contribution is -0.166. The molecule has 0 aromatic heterocycles. The van der Waals surface area contributed by atoms with Crippen molar-refractivity contribution in [2.45, 2.75) is 31.8 Å². The van der Waals surface area contributed by atoms with Crippen LogP contribution in [0.15, 0.2) is 0 Å². The van der Waals surface area contributed by atoms with E-state index in [-0.39, 0.29) is 6.42 Å². The van der Waals surface area contributed by atoms with Crippen molar-refractivity contribution in [3.05, 3.63) is 0 Å². The van der Waals surface area contributed by atoms with Gasteiger partial charge in [0.1, 0.15) is 0 Å². The van der Waals surface area contributed by atoms with E-state index in [4.69, 9.17) is 25.1 Å². The Labute approximate surface area is 108 Å². The Balaban J connectivity index is 5.20. The minimum Gasteiger partial charge on any atom is -0.481 e. The van der Waals surface area contributed by atoms with E-state index in [1.807, 2.05) is 0 Å². The summed E-state index contributed by atoms with van der Waals surface area (Å²) in [5, 5.41) is 26.5. The number of carboxylic acids is 3. The van der Waals surface area contributed by atoms with Crippen molar-refractivity contribution in [1.29, 1.82) is 0 Å². The zero-order valence-electron chi connectivity index (χ0n) is 10.0. The van der Waals surface area contributed by atoms with Gasteiger partial charge < -0.3 is 25.1 Å². The van der Waals surface area contributed by atoms with E-state index in [1.54, 1.807) is 0 Å². The molecule has 0 rings (SSSR count). The van der Waals surface area contributed by atoms with Crippen LogP contribution in [-0.2, 0) is 18.9 Å². The number of hydrogen-bond acceptors (Lipinski definition) is 4. The van der Waals surface area contributed by atoms with Crippen LogP contribution in [0.1, 0.15) is 26.2 Å². The first-order valence-electron chi connectivity index (χ1n) is 5.24. The lowest BCUT2D eigenvalue weighted by Crippen LogP contribution is -2.40. The standard InChI is InChI=1S/C9H15O9P/c1-2-9(7(12)13,8(14)15)4-3-5(6(10)11)19(16,17)18/h5H,2-4H2,1H3,(H,10,11)(H,12,13)(H,14,15)(H2,16,17,18). The fourth-order valence-corrected chi connectivity index (χ4v) is 2.36. The highest BCUT2D eigenvalue weighted by molar-refractivity contribution is 7.53. The van der Waals surface area contributed by atoms with Gasteiger partial charge in [-0.05, 0) is 19.3 Å². The van der Waals surface area contributed by atoms with E-state index < -0.39 is 49.4 Å². The molecule has 0 amide bonds. The molecule has 0 aromatic rings. The van der Waals surface area contributed by atoms with Gasteiger partial charge in [-0.2, -0.15) is 0 Å². The second kappa shape index (κ2) is 6.14. The largest absolute Gasteiger partial charge is 0.481 e. The second-order valence-electron chi connectivity index (χ2n) is 4.03. The maximum Gasteiger partial charge on any atom is 0.339 e. The van der Waals surface area contributed by atoms with E-state index in [0.29, 0.717) is 0 Å². The summed E-state index contributed by atoms with van der Waals surface area (Å²) in [5.74, 6) is -5.14. The number of carboxylic acid groups (broad SMARTS) is 3. The summed E-state index contributed by atoms with van der Waals surface area (Å²) in [6.45, 7) is 1.29. The predicted octanol–water partition coefficient (Wildman–Crippen LogP) is -0.0369. The Morgan fingerprint density at radius 2 is 1.53 bits per heavy atom. The summed E-state index contributed by atoms with van der Waals surface area (Å²) >= 11 is 0. The third-order valence-electron chi connectivity index (χ3n) is 2.96. The molecule has 0 bridgehead atoms. The van der Waals surface area contributed by atoms with Crippen LogP contribution in [0.25, 0.3) is 0 Å². The van der Waals surface area contributed by atoms with Crippen molar-refractivity contribution < 1.29 is 44.1 Å². The SMILES string of the molecule is CCC(CCC(C(=O)O)P(=O)(O)O)(C(=O)O)C(=O)O. The van der Waals surface area contributed by atoms with Crippen LogP contribution in [0.3, 0.4) is 0 Å². The molecule has 5 N–H and O–H groups in total. The maximum absolute atomic E-state index is 11.0. The summed E-state index contributed by atoms with van der Waals surface area (Å²) in [6, 6.07) is 0. The molecular weight excluding hydrogens is 283 g/mol. The molecule has 0 saturated carbocycles. The molecule has 9 nitrogen and oxygen atoms in total. The van der Waals surface area contributed by atoms with Crippen molar-refractivity contribution in [1.82, 2.24) is 0 Å². The molecule has 110 valence electrons. The molecule has 0 radical (unpaired) electrons. The highest BCUT2D eigenvalue weighted by atomic mass is 31.2. The van der Waals surface area contributed by atoms with Gasteiger partial charge in [0.25, 0.3) is 0 Å². The molecule has 0 fully saturated rings. The molecule has 1 atom stereocenters. The molecule has 0 saturated heterocycles. The van der Waals surface area contributed by atoms with Gasteiger partial charge in [-0.15, -0.1) is 0 Å². The Morgan fingerprint density at radius 1 is 1.11 bits per heavy atom. The topological polar surface area (TPSA) is 169 Å². The van der Waals surface area contributed by atoms with Crippen LogP contribution in [0.4, 0.5) is 0 Å². The lowest BCUT2D eigenvalue weighted by Gasteiger charge is -2.24. The number of aliphatic carboxylic acids is 3. The van der Waals surface area contributed by atoms with Crippen LogP contribution in [0, 0.1) is 5.41 Å². The van der Waals surface area contributed by atoms with Gasteiger partial charge in [-0.25, -0.2) is 0 Å². The fourth-order valence-electron chi connectivity index (χ4n) is 1.60. The zero-order chi connectivity index (χ0) is 15.4. The van der Waals surface area contributed by atoms with Crippen LogP contribution in [0.2, 0.25) is 0 Å². The van der Waals surface area contributed by atoms with Gasteiger partial charge >= 0.3 is 25.5 Å². The second-order valence-corrected chi connectivity index (χ2v) is 5.83. The minimum absolute atomic E-state index is 0.328. The summed E-state index contributed by atoms with van der Waals surface area (Å²) in [6.07, 6.45) is -1.76. The Hall–Kier alpha value is -1.44. The smallest absolute Gasteiger partial charge is 0.339 e. The number of rotatable bonds is 8. The molecule has 0 aliphatic heterocycles. The van der Waals surface area contributed by atoms with Gasteiger partial charge in [0.15, 0.2) is 11.1 Å². The molecule has 19 heavy (non-hydrogen) atoms. The number of hydrogen-bond donors (Lipinski definition) is 5. The van der Waals surface area contributed by atoms with E-state index in [0.717, 1.165) is 0 Å².